The van der Waals surface area contributed by atoms with Crippen molar-refractivity contribution in [1.29, 1.82) is 0 Å². The van der Waals surface area contributed by atoms with Crippen molar-refractivity contribution in [3.63, 3.8) is 0 Å². The van der Waals surface area contributed by atoms with Gasteiger partial charge in [-0.3, -0.25) is 10.1 Å². The maximum Gasteiger partial charge on any atom is 0.319 e. The number of amides is 3. The second kappa shape index (κ2) is 10.3. The van der Waals surface area contributed by atoms with Gasteiger partial charge in [0.1, 0.15) is 34.9 Å². The van der Waals surface area contributed by atoms with E-state index in [1.807, 2.05) is 4.90 Å². The molecule has 1 aromatic heterocycles. The Balaban J connectivity index is 1.31. The zero-order valence-electron chi connectivity index (χ0n) is 17.9. The molecule has 0 radical (unpaired) electrons. The molecule has 0 aliphatic carbocycles. The van der Waals surface area contributed by atoms with E-state index in [9.17, 15) is 18.4 Å². The minimum atomic E-state index is -0.832. The standard InChI is InChI=1S/C21H25F2N5O4S/c22-14-2-6-28(10-14)5-1-4-25-21(30)26-20-17(18(24)29)19(27-33-20)32-11-13-9-16-12(3-7-31-16)8-15(13)23/h8-9,14H,1-7,10-11H2,(H2,24,29)(H2,25,26,30)/t14-/m0/s1. The van der Waals surface area contributed by atoms with Crippen molar-refractivity contribution in [1.82, 2.24) is 14.6 Å². The van der Waals surface area contributed by atoms with Crippen LogP contribution in [0.5, 0.6) is 11.6 Å². The van der Waals surface area contributed by atoms with Gasteiger partial charge in [0.25, 0.3) is 5.91 Å². The molecule has 0 saturated carbocycles. The molecule has 1 fully saturated rings. The minimum absolute atomic E-state index is 0.0842. The van der Waals surface area contributed by atoms with Gasteiger partial charge in [-0.05, 0) is 43.1 Å². The Bertz CT molecular complexity index is 1030. The summed E-state index contributed by atoms with van der Waals surface area (Å²) in [5, 5.41) is 5.36. The smallest absolute Gasteiger partial charge is 0.319 e. The number of rotatable bonds is 9. The third-order valence-corrected chi connectivity index (χ3v) is 6.25. The van der Waals surface area contributed by atoms with Crippen LogP contribution in [-0.4, -0.2) is 60.2 Å². The van der Waals surface area contributed by atoms with E-state index in [-0.39, 0.29) is 28.6 Å². The topological polar surface area (TPSA) is 119 Å². The maximum absolute atomic E-state index is 14.3. The van der Waals surface area contributed by atoms with Gasteiger partial charge < -0.3 is 25.4 Å². The average molecular weight is 482 g/mol. The minimum Gasteiger partial charge on any atom is -0.493 e. The summed E-state index contributed by atoms with van der Waals surface area (Å²) in [4.78, 5) is 26.2. The zero-order chi connectivity index (χ0) is 23.4. The van der Waals surface area contributed by atoms with Gasteiger partial charge in [0.15, 0.2) is 0 Å². The van der Waals surface area contributed by atoms with Crippen LogP contribution in [0.3, 0.4) is 0 Å². The number of urea groups is 1. The average Bonchev–Trinajstić information content (AvgIpc) is 3.49. The molecule has 1 aromatic carbocycles. The van der Waals surface area contributed by atoms with Gasteiger partial charge in [-0.1, -0.05) is 0 Å². The van der Waals surface area contributed by atoms with E-state index < -0.39 is 23.9 Å². The summed E-state index contributed by atoms with van der Waals surface area (Å²) in [6, 6.07) is 2.45. The Hall–Kier alpha value is -2.99. The maximum atomic E-state index is 14.3. The van der Waals surface area contributed by atoms with Gasteiger partial charge in [-0.15, -0.1) is 0 Å². The summed E-state index contributed by atoms with van der Waals surface area (Å²) >= 11 is 0.836. The Kier molecular flexibility index (Phi) is 7.23. The molecule has 9 nitrogen and oxygen atoms in total. The lowest BCUT2D eigenvalue weighted by Crippen LogP contribution is -2.32. The highest BCUT2D eigenvalue weighted by Gasteiger charge is 2.24. The highest BCUT2D eigenvalue weighted by molar-refractivity contribution is 7.11. The molecule has 1 atom stereocenters. The Morgan fingerprint density at radius 3 is 3.00 bits per heavy atom. The number of hydrogen-bond acceptors (Lipinski definition) is 7. The number of likely N-dealkylation sites (tertiary alicyclic amines) is 1. The van der Waals surface area contributed by atoms with Crippen molar-refractivity contribution in [2.24, 2.45) is 5.73 Å². The number of halogens is 2. The van der Waals surface area contributed by atoms with Crippen LogP contribution in [0.2, 0.25) is 0 Å². The number of alkyl halides is 1. The van der Waals surface area contributed by atoms with Crippen molar-refractivity contribution >= 4 is 28.5 Å². The number of fused-ring (bicyclic) bond motifs is 1. The van der Waals surface area contributed by atoms with Crippen LogP contribution in [0.15, 0.2) is 12.1 Å². The molecule has 3 heterocycles. The number of carbonyl (C=O) groups excluding carboxylic acids is 2. The SMILES string of the molecule is NC(=O)c1c(OCc2cc3c(cc2F)CCO3)nsc1NC(=O)NCCCN1CC[C@H](F)C1. The number of ether oxygens (including phenoxy) is 2. The first-order valence-corrected chi connectivity index (χ1v) is 11.5. The van der Waals surface area contributed by atoms with E-state index in [2.05, 4.69) is 15.0 Å². The highest BCUT2D eigenvalue weighted by atomic mass is 32.1. The van der Waals surface area contributed by atoms with Crippen LogP contribution in [0, 0.1) is 5.82 Å². The number of anilines is 1. The van der Waals surface area contributed by atoms with Crippen LogP contribution < -0.4 is 25.8 Å². The summed E-state index contributed by atoms with van der Waals surface area (Å²) in [5.41, 5.74) is 6.42. The Morgan fingerprint density at radius 1 is 1.39 bits per heavy atom. The van der Waals surface area contributed by atoms with Crippen LogP contribution in [0.4, 0.5) is 18.6 Å². The van der Waals surface area contributed by atoms with Crippen molar-refractivity contribution in [3.8, 4) is 11.6 Å². The van der Waals surface area contributed by atoms with Gasteiger partial charge in [0, 0.05) is 37.2 Å². The Labute approximate surface area is 193 Å². The lowest BCUT2D eigenvalue weighted by atomic mass is 10.1. The van der Waals surface area contributed by atoms with Gasteiger partial charge in [0.05, 0.1) is 6.61 Å². The van der Waals surface area contributed by atoms with E-state index in [1.54, 1.807) is 6.07 Å². The van der Waals surface area contributed by atoms with Crippen molar-refractivity contribution < 1.29 is 27.8 Å². The van der Waals surface area contributed by atoms with Gasteiger partial charge >= 0.3 is 6.03 Å². The molecule has 4 rings (SSSR count). The number of nitrogens with one attached hydrogen (secondary N) is 2. The van der Waals surface area contributed by atoms with Crippen molar-refractivity contribution in [2.75, 3.05) is 38.1 Å². The van der Waals surface area contributed by atoms with E-state index >= 15 is 0 Å². The second-order valence-corrected chi connectivity index (χ2v) is 8.69. The fraction of sp³-hybridized carbons (Fsp3) is 0.476. The Morgan fingerprint density at radius 2 is 2.24 bits per heavy atom. The molecule has 178 valence electrons. The number of nitrogens with zero attached hydrogens (tertiary/aromatic N) is 2. The third kappa shape index (κ3) is 5.69. The molecule has 12 heteroatoms. The van der Waals surface area contributed by atoms with E-state index in [0.717, 1.165) is 23.6 Å². The van der Waals surface area contributed by atoms with Crippen LogP contribution in [-0.2, 0) is 13.0 Å². The molecule has 33 heavy (non-hydrogen) atoms. The van der Waals surface area contributed by atoms with E-state index in [1.165, 1.54) is 6.07 Å². The normalized spacial score (nSPS) is 17.5. The first-order chi connectivity index (χ1) is 15.9. The second-order valence-electron chi connectivity index (χ2n) is 7.92. The summed E-state index contributed by atoms with van der Waals surface area (Å²) in [7, 11) is 0. The zero-order valence-corrected chi connectivity index (χ0v) is 18.7. The summed E-state index contributed by atoms with van der Waals surface area (Å²) in [5.74, 6) is -0.750. The number of carbonyl (C=O) groups is 2. The fourth-order valence-corrected chi connectivity index (χ4v) is 4.55. The fourth-order valence-electron chi connectivity index (χ4n) is 3.81. The van der Waals surface area contributed by atoms with Crippen molar-refractivity contribution in [2.45, 2.75) is 32.0 Å². The first-order valence-electron chi connectivity index (χ1n) is 10.7. The largest absolute Gasteiger partial charge is 0.493 e. The molecule has 1 saturated heterocycles. The molecule has 2 aliphatic rings. The molecular weight excluding hydrogens is 456 g/mol. The van der Waals surface area contributed by atoms with Gasteiger partial charge in [-0.2, -0.15) is 4.37 Å². The quantitative estimate of drug-likeness (QED) is 0.474. The molecule has 2 aliphatic heterocycles. The van der Waals surface area contributed by atoms with E-state index in [4.69, 9.17) is 15.2 Å². The predicted octanol–water partition coefficient (Wildman–Crippen LogP) is 2.45. The van der Waals surface area contributed by atoms with Gasteiger partial charge in [0.2, 0.25) is 5.88 Å². The van der Waals surface area contributed by atoms with Crippen LogP contribution in [0.25, 0.3) is 0 Å². The lowest BCUT2D eigenvalue weighted by molar-refractivity contribution is 0.0996. The van der Waals surface area contributed by atoms with Gasteiger partial charge in [-0.25, -0.2) is 13.6 Å². The number of benzene rings is 1. The summed E-state index contributed by atoms with van der Waals surface area (Å²) in [6.45, 7) is 2.55. The monoisotopic (exact) mass is 481 g/mol. The molecule has 0 bridgehead atoms. The van der Waals surface area contributed by atoms with Crippen molar-refractivity contribution in [3.05, 3.63) is 34.6 Å². The van der Waals surface area contributed by atoms with Crippen LogP contribution in [0.1, 0.15) is 34.3 Å². The van der Waals surface area contributed by atoms with Crippen LogP contribution >= 0.6 is 11.5 Å². The number of primary amides is 1. The number of nitrogens with two attached hydrogens (primary N) is 1. The summed E-state index contributed by atoms with van der Waals surface area (Å²) in [6.07, 6.45) is 1.09. The number of aromatic nitrogens is 1. The molecule has 0 unspecified atom stereocenters. The molecule has 4 N–H and O–H groups in total. The third-order valence-electron chi connectivity index (χ3n) is 5.51. The lowest BCUT2D eigenvalue weighted by Gasteiger charge is -2.14. The first kappa shape index (κ1) is 23.2. The highest BCUT2D eigenvalue weighted by Crippen LogP contribution is 2.32. The molecule has 2 aromatic rings. The summed E-state index contributed by atoms with van der Waals surface area (Å²) < 4.78 is 42.5. The molecule has 0 spiro atoms. The predicted molar refractivity (Wildman–Crippen MR) is 118 cm³/mol. The molecule has 3 amide bonds. The van der Waals surface area contributed by atoms with E-state index in [0.29, 0.717) is 51.3 Å². The molecular formula is C21H25F2N5O4S. The number of hydrogen-bond donors (Lipinski definition) is 3.